The van der Waals surface area contributed by atoms with E-state index in [9.17, 15) is 18.0 Å². The third-order valence-electron chi connectivity index (χ3n) is 3.41. The largest absolute Gasteiger partial charge is 0.416 e. The molecule has 1 aromatic carbocycles. The van der Waals surface area contributed by atoms with Gasteiger partial charge in [-0.3, -0.25) is 4.79 Å². The molecule has 0 amide bonds. The maximum Gasteiger partial charge on any atom is 0.416 e. The van der Waals surface area contributed by atoms with Gasteiger partial charge in [0.2, 0.25) is 0 Å². The van der Waals surface area contributed by atoms with Crippen LogP contribution in [-0.4, -0.2) is 19.7 Å². The Morgan fingerprint density at radius 3 is 2.50 bits per heavy atom. The first-order valence-electron chi connectivity index (χ1n) is 7.09. The Balaban J connectivity index is 1.80. The van der Waals surface area contributed by atoms with Crippen molar-refractivity contribution in [3.05, 3.63) is 75.6 Å². The van der Waals surface area contributed by atoms with E-state index in [0.29, 0.717) is 18.1 Å². The van der Waals surface area contributed by atoms with Gasteiger partial charge in [0.05, 0.1) is 11.8 Å². The minimum absolute atomic E-state index is 0.280. The first-order valence-corrected chi connectivity index (χ1v) is 7.09. The van der Waals surface area contributed by atoms with E-state index in [1.165, 1.54) is 22.9 Å². The van der Waals surface area contributed by atoms with E-state index in [-0.39, 0.29) is 5.56 Å². The van der Waals surface area contributed by atoms with Gasteiger partial charge in [0.25, 0.3) is 5.56 Å². The number of hydrogen-bond donors (Lipinski definition) is 1. The number of hydrogen-bond acceptors (Lipinski definition) is 3. The minimum Gasteiger partial charge on any atom is -0.311 e. The predicted molar refractivity (Wildman–Crippen MR) is 81.0 cm³/mol. The number of rotatable bonds is 3. The monoisotopic (exact) mass is 334 g/mol. The maximum atomic E-state index is 12.6. The van der Waals surface area contributed by atoms with Crippen LogP contribution in [0.5, 0.6) is 0 Å². The molecule has 3 aromatic rings. The average molecular weight is 334 g/mol. The van der Waals surface area contributed by atoms with Crippen molar-refractivity contribution in [3.8, 4) is 5.82 Å². The van der Waals surface area contributed by atoms with Gasteiger partial charge in [-0.15, -0.1) is 0 Å². The first-order chi connectivity index (χ1) is 11.3. The van der Waals surface area contributed by atoms with E-state index in [1.54, 1.807) is 19.3 Å². The molecule has 124 valence electrons. The molecule has 0 atom stereocenters. The summed E-state index contributed by atoms with van der Waals surface area (Å²) < 4.78 is 39.1. The number of nitrogens with one attached hydrogen (secondary N) is 1. The van der Waals surface area contributed by atoms with Crippen LogP contribution in [0.2, 0.25) is 0 Å². The fraction of sp³-hybridized carbons (Fsp3) is 0.188. The lowest BCUT2D eigenvalue weighted by Gasteiger charge is -2.07. The number of nitrogens with zero attached hydrogens (tertiary/aromatic N) is 3. The van der Waals surface area contributed by atoms with Crippen LogP contribution in [0.25, 0.3) is 5.82 Å². The Morgan fingerprint density at radius 2 is 1.88 bits per heavy atom. The van der Waals surface area contributed by atoms with Gasteiger partial charge in [-0.05, 0) is 30.2 Å². The highest BCUT2D eigenvalue weighted by Crippen LogP contribution is 2.29. The highest BCUT2D eigenvalue weighted by Gasteiger charge is 2.29. The molecular weight excluding hydrogens is 321 g/mol. The van der Waals surface area contributed by atoms with Crippen molar-refractivity contribution in [2.45, 2.75) is 19.5 Å². The van der Waals surface area contributed by atoms with Crippen LogP contribution in [0, 0.1) is 6.92 Å². The summed E-state index contributed by atoms with van der Waals surface area (Å²) in [5.74, 6) is 0.854. The van der Waals surface area contributed by atoms with Crippen LogP contribution in [0.1, 0.15) is 22.5 Å². The normalized spacial score (nSPS) is 11.7. The number of aromatic amines is 1. The van der Waals surface area contributed by atoms with E-state index < -0.39 is 11.7 Å². The molecule has 8 heteroatoms. The molecule has 0 aliphatic heterocycles. The third-order valence-corrected chi connectivity index (χ3v) is 3.41. The molecule has 0 spiro atoms. The molecule has 5 nitrogen and oxygen atoms in total. The van der Waals surface area contributed by atoms with Gasteiger partial charge in [0.1, 0.15) is 5.82 Å². The second kappa shape index (κ2) is 5.95. The summed E-state index contributed by atoms with van der Waals surface area (Å²) in [6, 6.07) is 6.32. The number of aryl methyl sites for hydroxylation is 1. The molecule has 1 N–H and O–H groups in total. The first kappa shape index (κ1) is 16.0. The van der Waals surface area contributed by atoms with Crippen LogP contribution < -0.4 is 5.56 Å². The van der Waals surface area contributed by atoms with Crippen LogP contribution in [-0.2, 0) is 12.6 Å². The number of H-pyrrole nitrogens is 1. The zero-order valence-corrected chi connectivity index (χ0v) is 12.6. The topological polar surface area (TPSA) is 63.6 Å². The highest BCUT2D eigenvalue weighted by atomic mass is 19.4. The molecule has 0 saturated heterocycles. The van der Waals surface area contributed by atoms with Gasteiger partial charge in [0, 0.05) is 18.7 Å². The van der Waals surface area contributed by atoms with Gasteiger partial charge >= 0.3 is 6.18 Å². The summed E-state index contributed by atoms with van der Waals surface area (Å²) >= 11 is 0. The Morgan fingerprint density at radius 1 is 1.17 bits per heavy atom. The van der Waals surface area contributed by atoms with Gasteiger partial charge in [-0.25, -0.2) is 9.67 Å². The van der Waals surface area contributed by atoms with E-state index in [4.69, 9.17) is 0 Å². The van der Waals surface area contributed by atoms with Gasteiger partial charge in [-0.2, -0.15) is 18.3 Å². The van der Waals surface area contributed by atoms with Crippen LogP contribution in [0.15, 0.2) is 47.5 Å². The molecule has 0 bridgehead atoms. The molecule has 24 heavy (non-hydrogen) atoms. The number of halogens is 3. The summed E-state index contributed by atoms with van der Waals surface area (Å²) in [6.07, 6.45) is -0.623. The van der Waals surface area contributed by atoms with Gasteiger partial charge in [0.15, 0.2) is 5.82 Å². The zero-order chi connectivity index (χ0) is 17.3. The summed E-state index contributed by atoms with van der Waals surface area (Å²) in [5, 5.41) is 4.14. The predicted octanol–water partition coefficient (Wildman–Crippen LogP) is 2.87. The molecule has 0 unspecified atom stereocenters. The Bertz CT molecular complexity index is 910. The van der Waals surface area contributed by atoms with Crippen molar-refractivity contribution >= 4 is 0 Å². The molecule has 2 aromatic heterocycles. The SMILES string of the molecule is Cc1nc(-n2cc(Cc3ccc(C(F)(F)F)cc3)cn2)cc(=O)[nH]1. The molecule has 0 radical (unpaired) electrons. The molecule has 0 fully saturated rings. The lowest BCUT2D eigenvalue weighted by atomic mass is 10.1. The fourth-order valence-electron chi connectivity index (χ4n) is 2.31. The quantitative estimate of drug-likeness (QED) is 0.801. The number of benzene rings is 1. The highest BCUT2D eigenvalue weighted by molar-refractivity contribution is 5.29. The van der Waals surface area contributed by atoms with Crippen molar-refractivity contribution in [1.29, 1.82) is 0 Å². The van der Waals surface area contributed by atoms with E-state index in [2.05, 4.69) is 15.1 Å². The summed E-state index contributed by atoms with van der Waals surface area (Å²) in [7, 11) is 0. The standard InChI is InChI=1S/C16H13F3N4O/c1-10-21-14(7-15(24)22-10)23-9-12(8-20-23)6-11-2-4-13(5-3-11)16(17,18)19/h2-5,7-9H,6H2,1H3,(H,21,22,24). The Labute approximate surface area is 134 Å². The summed E-state index contributed by atoms with van der Waals surface area (Å²) in [4.78, 5) is 18.2. The van der Waals surface area contributed by atoms with Crippen molar-refractivity contribution in [3.63, 3.8) is 0 Å². The minimum atomic E-state index is -4.34. The second-order valence-corrected chi connectivity index (χ2v) is 5.35. The van der Waals surface area contributed by atoms with Crippen LogP contribution in [0.4, 0.5) is 13.2 Å². The van der Waals surface area contributed by atoms with Gasteiger partial charge < -0.3 is 4.98 Å². The van der Waals surface area contributed by atoms with Crippen molar-refractivity contribution in [2.24, 2.45) is 0 Å². The summed E-state index contributed by atoms with van der Waals surface area (Å²) in [5.41, 5.74) is 0.578. The molecule has 0 aliphatic rings. The second-order valence-electron chi connectivity index (χ2n) is 5.35. The molecule has 0 aliphatic carbocycles. The molecule has 2 heterocycles. The average Bonchev–Trinajstić information content (AvgIpc) is 2.94. The molecule has 0 saturated carbocycles. The van der Waals surface area contributed by atoms with Crippen molar-refractivity contribution < 1.29 is 13.2 Å². The molecule has 3 rings (SSSR count). The summed E-state index contributed by atoms with van der Waals surface area (Å²) in [6.45, 7) is 1.66. The lowest BCUT2D eigenvalue weighted by molar-refractivity contribution is -0.137. The van der Waals surface area contributed by atoms with Crippen LogP contribution in [0.3, 0.4) is 0 Å². The van der Waals surface area contributed by atoms with E-state index in [0.717, 1.165) is 23.3 Å². The van der Waals surface area contributed by atoms with Crippen molar-refractivity contribution in [2.75, 3.05) is 0 Å². The van der Waals surface area contributed by atoms with E-state index >= 15 is 0 Å². The smallest absolute Gasteiger partial charge is 0.311 e. The fourth-order valence-corrected chi connectivity index (χ4v) is 2.31. The Kier molecular flexibility index (Phi) is 3.96. The van der Waals surface area contributed by atoms with Crippen LogP contribution >= 0.6 is 0 Å². The maximum absolute atomic E-state index is 12.6. The van der Waals surface area contributed by atoms with Crippen molar-refractivity contribution in [1.82, 2.24) is 19.7 Å². The van der Waals surface area contributed by atoms with Gasteiger partial charge in [-0.1, -0.05) is 12.1 Å². The third kappa shape index (κ3) is 3.53. The number of alkyl halides is 3. The Hall–Kier alpha value is -2.90. The molecular formula is C16H13F3N4O. The van der Waals surface area contributed by atoms with E-state index in [1.807, 2.05) is 0 Å². The number of aromatic nitrogens is 4. The lowest BCUT2D eigenvalue weighted by Crippen LogP contribution is -2.12. The zero-order valence-electron chi connectivity index (χ0n) is 12.6.